The van der Waals surface area contributed by atoms with Crippen LogP contribution in [0.15, 0.2) is 36.9 Å². The van der Waals surface area contributed by atoms with Gasteiger partial charge in [0.2, 0.25) is 5.95 Å². The van der Waals surface area contributed by atoms with Gasteiger partial charge in [-0.15, -0.1) is 0 Å². The molecule has 1 saturated heterocycles. The van der Waals surface area contributed by atoms with E-state index in [-0.39, 0.29) is 5.91 Å². The van der Waals surface area contributed by atoms with Crippen LogP contribution < -0.4 is 19.9 Å². The molecule has 1 fully saturated rings. The van der Waals surface area contributed by atoms with E-state index >= 15 is 0 Å². The molecular formula is C22H25N7O3. The summed E-state index contributed by atoms with van der Waals surface area (Å²) in [4.78, 5) is 30.0. The molecule has 2 aliphatic rings. The molecule has 2 aromatic heterocycles. The molecule has 1 N–H and O–H groups in total. The minimum atomic E-state index is -0.721. The van der Waals surface area contributed by atoms with Crippen molar-refractivity contribution >= 4 is 29.0 Å². The number of rotatable bonds is 4. The van der Waals surface area contributed by atoms with Gasteiger partial charge in [-0.05, 0) is 19.1 Å². The van der Waals surface area contributed by atoms with Crippen LogP contribution in [0.3, 0.4) is 0 Å². The highest BCUT2D eigenvalue weighted by Gasteiger charge is 2.52. The standard InChI is InChI=1S/C22H25N7O3/c1-14-11-29(13-24-14)16-6-5-15(9-18(16)31-4)25-21-23-10-17-19(26-21)28(3)22(7-8-32-12-22)20(30)27(17)2/h5-6,9-11,13H,7-8,12H2,1-4H3,(H,23,25,26). The SMILES string of the molecule is COc1cc(Nc2ncc3c(n2)N(C)C2(CCOC2)C(=O)N3C)ccc1-n1cnc(C)c1. The number of benzene rings is 1. The number of likely N-dealkylation sites (N-methyl/N-ethyl adjacent to an activating group) is 2. The molecule has 0 saturated carbocycles. The smallest absolute Gasteiger partial charge is 0.255 e. The van der Waals surface area contributed by atoms with Crippen molar-refractivity contribution in [3.8, 4) is 11.4 Å². The molecule has 2 aliphatic heterocycles. The number of nitrogens with zero attached hydrogens (tertiary/aromatic N) is 6. The number of methoxy groups -OCH3 is 1. The van der Waals surface area contributed by atoms with Crippen LogP contribution in [0.2, 0.25) is 0 Å². The summed E-state index contributed by atoms with van der Waals surface area (Å²) in [6.45, 7) is 2.85. The van der Waals surface area contributed by atoms with E-state index in [4.69, 9.17) is 14.5 Å². The Labute approximate surface area is 185 Å². The minimum Gasteiger partial charge on any atom is -0.494 e. The van der Waals surface area contributed by atoms with E-state index in [1.165, 1.54) is 0 Å². The Bertz CT molecular complexity index is 1190. The Morgan fingerprint density at radius 1 is 1.22 bits per heavy atom. The molecule has 1 atom stereocenters. The van der Waals surface area contributed by atoms with Gasteiger partial charge in [-0.3, -0.25) is 4.79 Å². The molecule has 0 bridgehead atoms. The van der Waals surface area contributed by atoms with Crippen molar-refractivity contribution in [3.05, 3.63) is 42.6 Å². The molecular weight excluding hydrogens is 410 g/mol. The van der Waals surface area contributed by atoms with Crippen molar-refractivity contribution in [2.75, 3.05) is 49.5 Å². The van der Waals surface area contributed by atoms with Crippen LogP contribution in [0.5, 0.6) is 5.75 Å². The number of nitrogens with one attached hydrogen (secondary N) is 1. The Hall–Kier alpha value is -3.66. The Kier molecular flexibility index (Phi) is 4.74. The Morgan fingerprint density at radius 2 is 2.06 bits per heavy atom. The van der Waals surface area contributed by atoms with Gasteiger partial charge in [0.1, 0.15) is 17.0 Å². The Morgan fingerprint density at radius 3 is 2.75 bits per heavy atom. The van der Waals surface area contributed by atoms with E-state index in [1.54, 1.807) is 31.6 Å². The summed E-state index contributed by atoms with van der Waals surface area (Å²) in [7, 11) is 5.28. The molecule has 1 unspecified atom stereocenters. The number of fused-ring (bicyclic) bond motifs is 1. The van der Waals surface area contributed by atoms with E-state index in [0.29, 0.717) is 42.8 Å². The van der Waals surface area contributed by atoms with Crippen LogP contribution in [0.4, 0.5) is 23.1 Å². The van der Waals surface area contributed by atoms with Crippen LogP contribution in [0, 0.1) is 6.92 Å². The largest absolute Gasteiger partial charge is 0.494 e. The normalized spacial score (nSPS) is 20.1. The maximum Gasteiger partial charge on any atom is 0.255 e. The molecule has 166 valence electrons. The van der Waals surface area contributed by atoms with Gasteiger partial charge in [-0.1, -0.05) is 0 Å². The van der Waals surface area contributed by atoms with Crippen molar-refractivity contribution < 1.29 is 14.3 Å². The number of hydrogen-bond donors (Lipinski definition) is 1. The van der Waals surface area contributed by atoms with Crippen LogP contribution >= 0.6 is 0 Å². The first kappa shape index (κ1) is 20.3. The molecule has 5 rings (SSSR count). The molecule has 0 aliphatic carbocycles. The average Bonchev–Trinajstić information content (AvgIpc) is 3.46. The summed E-state index contributed by atoms with van der Waals surface area (Å²) in [5.74, 6) is 1.81. The highest BCUT2D eigenvalue weighted by Crippen LogP contribution is 2.41. The maximum atomic E-state index is 13.0. The van der Waals surface area contributed by atoms with E-state index in [1.807, 2.05) is 47.8 Å². The average molecular weight is 435 g/mol. The van der Waals surface area contributed by atoms with Crippen LogP contribution in [-0.4, -0.2) is 65.4 Å². The lowest BCUT2D eigenvalue weighted by Gasteiger charge is -2.44. The van der Waals surface area contributed by atoms with Crippen molar-refractivity contribution in [2.24, 2.45) is 0 Å². The summed E-state index contributed by atoms with van der Waals surface area (Å²) in [5, 5.41) is 3.25. The number of carbonyl (C=O) groups is 1. The number of aromatic nitrogens is 4. The third kappa shape index (κ3) is 3.06. The number of imidazole rings is 1. The molecule has 1 aromatic carbocycles. The molecule has 1 spiro atoms. The zero-order valence-electron chi connectivity index (χ0n) is 18.5. The second-order valence-corrected chi connectivity index (χ2v) is 8.09. The lowest BCUT2D eigenvalue weighted by atomic mass is 9.92. The third-order valence-corrected chi connectivity index (χ3v) is 6.20. The number of ether oxygens (including phenoxy) is 2. The first-order valence-electron chi connectivity index (χ1n) is 10.4. The fourth-order valence-corrected chi connectivity index (χ4v) is 4.32. The van der Waals surface area contributed by atoms with Crippen molar-refractivity contribution in [3.63, 3.8) is 0 Å². The number of amides is 1. The van der Waals surface area contributed by atoms with E-state index in [9.17, 15) is 4.79 Å². The summed E-state index contributed by atoms with van der Waals surface area (Å²) >= 11 is 0. The number of carbonyl (C=O) groups excluding carboxylic acids is 1. The quantitative estimate of drug-likeness (QED) is 0.667. The number of aryl methyl sites for hydroxylation is 1. The molecule has 0 radical (unpaired) electrons. The summed E-state index contributed by atoms with van der Waals surface area (Å²) in [6.07, 6.45) is 5.99. The zero-order valence-corrected chi connectivity index (χ0v) is 18.5. The highest BCUT2D eigenvalue weighted by molar-refractivity contribution is 6.07. The Balaban J connectivity index is 1.46. The molecule has 32 heavy (non-hydrogen) atoms. The van der Waals surface area contributed by atoms with Crippen LogP contribution in [0.25, 0.3) is 5.69 Å². The van der Waals surface area contributed by atoms with E-state index in [2.05, 4.69) is 15.3 Å². The topological polar surface area (TPSA) is 97.6 Å². The predicted molar refractivity (Wildman–Crippen MR) is 120 cm³/mol. The highest BCUT2D eigenvalue weighted by atomic mass is 16.5. The number of hydrogen-bond acceptors (Lipinski definition) is 8. The maximum absolute atomic E-state index is 13.0. The molecule has 1 amide bonds. The lowest BCUT2D eigenvalue weighted by molar-refractivity contribution is -0.123. The summed E-state index contributed by atoms with van der Waals surface area (Å²) < 4.78 is 13.1. The van der Waals surface area contributed by atoms with Gasteiger partial charge in [0.05, 0.1) is 37.6 Å². The van der Waals surface area contributed by atoms with E-state index < -0.39 is 5.54 Å². The monoisotopic (exact) mass is 435 g/mol. The third-order valence-electron chi connectivity index (χ3n) is 6.20. The van der Waals surface area contributed by atoms with Crippen LogP contribution in [-0.2, 0) is 9.53 Å². The van der Waals surface area contributed by atoms with Gasteiger partial charge in [0, 0.05) is 45.1 Å². The molecule has 10 nitrogen and oxygen atoms in total. The van der Waals surface area contributed by atoms with Crippen molar-refractivity contribution in [2.45, 2.75) is 18.9 Å². The summed E-state index contributed by atoms with van der Waals surface area (Å²) in [6, 6.07) is 5.77. The van der Waals surface area contributed by atoms with Gasteiger partial charge in [-0.25, -0.2) is 9.97 Å². The van der Waals surface area contributed by atoms with Crippen LogP contribution in [0.1, 0.15) is 12.1 Å². The predicted octanol–water partition coefficient (Wildman–Crippen LogP) is 2.29. The van der Waals surface area contributed by atoms with Gasteiger partial charge >= 0.3 is 0 Å². The fourth-order valence-electron chi connectivity index (χ4n) is 4.32. The first-order valence-corrected chi connectivity index (χ1v) is 10.4. The van der Waals surface area contributed by atoms with Gasteiger partial charge < -0.3 is 29.2 Å². The number of anilines is 4. The van der Waals surface area contributed by atoms with Crippen molar-refractivity contribution in [1.82, 2.24) is 19.5 Å². The summed E-state index contributed by atoms with van der Waals surface area (Å²) in [5.41, 5.74) is 2.54. The van der Waals surface area contributed by atoms with Gasteiger partial charge in [0.15, 0.2) is 5.82 Å². The molecule has 3 aromatic rings. The lowest BCUT2D eigenvalue weighted by Crippen LogP contribution is -2.62. The second-order valence-electron chi connectivity index (χ2n) is 8.09. The fraction of sp³-hybridized carbons (Fsp3) is 0.364. The first-order chi connectivity index (χ1) is 15.4. The molecule has 4 heterocycles. The zero-order chi connectivity index (χ0) is 22.5. The van der Waals surface area contributed by atoms with Gasteiger partial charge in [-0.2, -0.15) is 4.98 Å². The van der Waals surface area contributed by atoms with Crippen molar-refractivity contribution in [1.29, 1.82) is 0 Å². The van der Waals surface area contributed by atoms with Gasteiger partial charge in [0.25, 0.3) is 5.91 Å². The molecule has 10 heteroatoms. The van der Waals surface area contributed by atoms with E-state index in [0.717, 1.165) is 17.1 Å². The second kappa shape index (κ2) is 7.49. The minimum absolute atomic E-state index is 0.00405.